The van der Waals surface area contributed by atoms with Crippen molar-refractivity contribution in [1.29, 1.82) is 0 Å². The van der Waals surface area contributed by atoms with Crippen molar-refractivity contribution in [1.82, 2.24) is 9.88 Å². The fourth-order valence-corrected chi connectivity index (χ4v) is 3.71. The van der Waals surface area contributed by atoms with Crippen LogP contribution in [0.2, 0.25) is 0 Å². The van der Waals surface area contributed by atoms with Crippen molar-refractivity contribution in [3.8, 4) is 11.5 Å². The Hall–Kier alpha value is -2.08. The number of hydrogen-bond acceptors (Lipinski definition) is 5. The van der Waals surface area contributed by atoms with Crippen molar-refractivity contribution >= 4 is 17.2 Å². The van der Waals surface area contributed by atoms with Crippen LogP contribution in [0.25, 0.3) is 0 Å². The second kappa shape index (κ2) is 7.66. The number of methoxy groups -OCH3 is 1. The van der Waals surface area contributed by atoms with Gasteiger partial charge in [0, 0.05) is 25.1 Å². The second-order valence-electron chi connectivity index (χ2n) is 6.02. The number of ether oxygens (including phenoxy) is 2. The molecule has 1 atom stereocenters. The van der Waals surface area contributed by atoms with Gasteiger partial charge < -0.3 is 14.4 Å². The zero-order valence-electron chi connectivity index (χ0n) is 14.0. The highest BCUT2D eigenvalue weighted by molar-refractivity contribution is 7.11. The first-order valence-electron chi connectivity index (χ1n) is 8.13. The predicted molar refractivity (Wildman–Crippen MR) is 94.0 cm³/mol. The summed E-state index contributed by atoms with van der Waals surface area (Å²) in [7, 11) is 1.64. The second-order valence-corrected chi connectivity index (χ2v) is 6.87. The van der Waals surface area contributed by atoms with Crippen LogP contribution < -0.4 is 9.47 Å². The number of amides is 1. The number of rotatable bonds is 5. The van der Waals surface area contributed by atoms with E-state index in [0.29, 0.717) is 12.5 Å². The van der Waals surface area contributed by atoms with Crippen LogP contribution in [0.4, 0.5) is 0 Å². The third-order valence-corrected chi connectivity index (χ3v) is 5.19. The summed E-state index contributed by atoms with van der Waals surface area (Å²) in [6.45, 7) is 4.04. The Bertz CT molecular complexity index is 701. The van der Waals surface area contributed by atoms with E-state index in [0.717, 1.165) is 48.0 Å². The predicted octanol–water partition coefficient (Wildman–Crippen LogP) is 3.39. The van der Waals surface area contributed by atoms with Gasteiger partial charge in [0.1, 0.15) is 16.4 Å². The van der Waals surface area contributed by atoms with Gasteiger partial charge in [0.2, 0.25) is 0 Å². The first-order chi connectivity index (χ1) is 11.7. The lowest BCUT2D eigenvalue weighted by atomic mass is 9.98. The summed E-state index contributed by atoms with van der Waals surface area (Å²) in [4.78, 5) is 19.5. The number of benzene rings is 1. The normalized spacial score (nSPS) is 17.6. The smallest absolute Gasteiger partial charge is 0.265 e. The molecule has 0 saturated carbocycles. The number of aromatic nitrogens is 1. The van der Waals surface area contributed by atoms with Crippen molar-refractivity contribution < 1.29 is 14.3 Å². The van der Waals surface area contributed by atoms with E-state index in [9.17, 15) is 4.79 Å². The zero-order valence-corrected chi connectivity index (χ0v) is 14.8. The van der Waals surface area contributed by atoms with Crippen LogP contribution in [0.15, 0.2) is 29.8 Å². The molecule has 0 aliphatic carbocycles. The van der Waals surface area contributed by atoms with Crippen LogP contribution in [-0.4, -0.2) is 42.6 Å². The molecule has 1 fully saturated rings. The Labute approximate surface area is 146 Å². The molecule has 1 aromatic carbocycles. The van der Waals surface area contributed by atoms with Gasteiger partial charge in [-0.2, -0.15) is 0 Å². The molecule has 5 nitrogen and oxygen atoms in total. The minimum absolute atomic E-state index is 0.0982. The number of likely N-dealkylation sites (tertiary alicyclic amines) is 1. The lowest BCUT2D eigenvalue weighted by Gasteiger charge is -2.32. The summed E-state index contributed by atoms with van der Waals surface area (Å²) in [5.41, 5.74) is 2.55. The average Bonchev–Trinajstić information content (AvgIpc) is 3.05. The summed E-state index contributed by atoms with van der Waals surface area (Å²) in [6, 6.07) is 7.62. The van der Waals surface area contributed by atoms with Crippen LogP contribution in [0.1, 0.15) is 28.2 Å². The van der Waals surface area contributed by atoms with Crippen molar-refractivity contribution in [2.75, 3.05) is 26.8 Å². The van der Waals surface area contributed by atoms with Crippen LogP contribution in [0, 0.1) is 12.8 Å². The molecule has 1 aliphatic rings. The van der Waals surface area contributed by atoms with Crippen molar-refractivity contribution in [3.05, 3.63) is 40.3 Å². The standard InChI is InChI=1S/C18H22N2O3S/c1-13-17(24-12-19-13)18(21)20-8-4-5-14(10-20)11-23-16-7-3-6-15(9-16)22-2/h3,6-7,9,12,14H,4-5,8,10-11H2,1-2H3. The number of carbonyl (C=O) groups excluding carboxylic acids is 1. The number of hydrogen-bond donors (Lipinski definition) is 0. The largest absolute Gasteiger partial charge is 0.497 e. The maximum Gasteiger partial charge on any atom is 0.265 e. The van der Waals surface area contributed by atoms with Crippen LogP contribution in [-0.2, 0) is 0 Å². The first kappa shape index (κ1) is 16.8. The molecule has 1 saturated heterocycles. The molecule has 24 heavy (non-hydrogen) atoms. The third-order valence-electron chi connectivity index (χ3n) is 4.27. The minimum Gasteiger partial charge on any atom is -0.497 e. The molecule has 0 spiro atoms. The zero-order chi connectivity index (χ0) is 16.9. The van der Waals surface area contributed by atoms with Crippen molar-refractivity contribution in [2.45, 2.75) is 19.8 Å². The number of piperidine rings is 1. The molecular weight excluding hydrogens is 324 g/mol. The van der Waals surface area contributed by atoms with E-state index < -0.39 is 0 Å². The average molecular weight is 346 g/mol. The molecule has 128 valence electrons. The molecule has 1 amide bonds. The number of aryl methyl sites for hydroxylation is 1. The van der Waals surface area contributed by atoms with Gasteiger partial charge in [-0.1, -0.05) is 6.07 Å². The first-order valence-corrected chi connectivity index (χ1v) is 9.01. The topological polar surface area (TPSA) is 51.7 Å². The van der Waals surface area contributed by atoms with Crippen LogP contribution in [0.3, 0.4) is 0 Å². The molecule has 1 unspecified atom stereocenters. The molecule has 0 N–H and O–H groups in total. The summed E-state index contributed by atoms with van der Waals surface area (Å²) in [5, 5.41) is 0. The van der Waals surface area contributed by atoms with Gasteiger partial charge in [-0.05, 0) is 31.9 Å². The molecule has 0 bridgehead atoms. The quantitative estimate of drug-likeness (QED) is 0.833. The Balaban J connectivity index is 1.57. The molecule has 1 aromatic heterocycles. The Morgan fingerprint density at radius 1 is 1.42 bits per heavy atom. The van der Waals surface area contributed by atoms with Gasteiger partial charge in [0.15, 0.2) is 0 Å². The lowest BCUT2D eigenvalue weighted by molar-refractivity contribution is 0.0637. The minimum atomic E-state index is 0.0982. The highest BCUT2D eigenvalue weighted by Crippen LogP contribution is 2.24. The number of carbonyl (C=O) groups is 1. The highest BCUT2D eigenvalue weighted by Gasteiger charge is 2.26. The Morgan fingerprint density at radius 2 is 2.25 bits per heavy atom. The van der Waals surface area contributed by atoms with Crippen LogP contribution in [0.5, 0.6) is 11.5 Å². The molecule has 0 radical (unpaired) electrons. The maximum absolute atomic E-state index is 12.6. The molecule has 6 heteroatoms. The van der Waals surface area contributed by atoms with E-state index in [1.165, 1.54) is 11.3 Å². The summed E-state index contributed by atoms with van der Waals surface area (Å²) >= 11 is 1.42. The number of thiazole rings is 1. The third kappa shape index (κ3) is 3.87. The fourth-order valence-electron chi connectivity index (χ4n) is 2.94. The van der Waals surface area contributed by atoms with Gasteiger partial charge >= 0.3 is 0 Å². The molecule has 3 rings (SSSR count). The summed E-state index contributed by atoms with van der Waals surface area (Å²) in [5.74, 6) is 2.04. The van der Waals surface area contributed by atoms with Gasteiger partial charge in [-0.25, -0.2) is 4.98 Å². The van der Waals surface area contributed by atoms with E-state index in [2.05, 4.69) is 4.98 Å². The highest BCUT2D eigenvalue weighted by atomic mass is 32.1. The maximum atomic E-state index is 12.6. The van der Waals surface area contributed by atoms with E-state index in [-0.39, 0.29) is 5.91 Å². The van der Waals surface area contributed by atoms with Gasteiger partial charge in [-0.3, -0.25) is 4.79 Å². The molecule has 2 heterocycles. The SMILES string of the molecule is COc1cccc(OCC2CCCN(C(=O)c3scnc3C)C2)c1. The monoisotopic (exact) mass is 346 g/mol. The Kier molecular flexibility index (Phi) is 5.35. The Morgan fingerprint density at radius 3 is 3.00 bits per heavy atom. The van der Waals surface area contributed by atoms with E-state index >= 15 is 0 Å². The van der Waals surface area contributed by atoms with E-state index in [4.69, 9.17) is 9.47 Å². The van der Waals surface area contributed by atoms with Crippen molar-refractivity contribution in [2.24, 2.45) is 5.92 Å². The molecule has 1 aliphatic heterocycles. The van der Waals surface area contributed by atoms with E-state index in [1.807, 2.05) is 36.1 Å². The summed E-state index contributed by atoms with van der Waals surface area (Å²) < 4.78 is 11.1. The van der Waals surface area contributed by atoms with Gasteiger partial charge in [0.25, 0.3) is 5.91 Å². The fraction of sp³-hybridized carbons (Fsp3) is 0.444. The van der Waals surface area contributed by atoms with E-state index in [1.54, 1.807) is 12.6 Å². The van der Waals surface area contributed by atoms with Crippen LogP contribution >= 0.6 is 11.3 Å². The summed E-state index contributed by atoms with van der Waals surface area (Å²) in [6.07, 6.45) is 2.09. The van der Waals surface area contributed by atoms with Crippen molar-refractivity contribution in [3.63, 3.8) is 0 Å². The number of nitrogens with zero attached hydrogens (tertiary/aromatic N) is 2. The van der Waals surface area contributed by atoms with Gasteiger partial charge in [0.05, 0.1) is 24.9 Å². The van der Waals surface area contributed by atoms with Gasteiger partial charge in [-0.15, -0.1) is 11.3 Å². The molecule has 2 aromatic rings. The molecular formula is C18H22N2O3S. The lowest BCUT2D eigenvalue weighted by Crippen LogP contribution is -2.41.